The molecule has 2 rings (SSSR count). The third-order valence-corrected chi connectivity index (χ3v) is 1.90. The first-order valence-electron chi connectivity index (χ1n) is 4.29. The number of halogens is 1. The fourth-order valence-electron chi connectivity index (χ4n) is 1.01. The van der Waals surface area contributed by atoms with Crippen LogP contribution in [0.5, 0.6) is 0 Å². The maximum Gasteiger partial charge on any atom is 0.259 e. The van der Waals surface area contributed by atoms with Gasteiger partial charge in [0.2, 0.25) is 0 Å². The van der Waals surface area contributed by atoms with Gasteiger partial charge < -0.3 is 5.32 Å². The molecule has 0 saturated carbocycles. The number of amides is 1. The van der Waals surface area contributed by atoms with Crippen molar-refractivity contribution in [3.63, 3.8) is 0 Å². The predicted octanol–water partition coefficient (Wildman–Crippen LogP) is 1.17. The highest BCUT2D eigenvalue weighted by molar-refractivity contribution is 6.29. The SMILES string of the molecule is O=C(Nc1cc(Cl)ncn1)c1cncnc1. The number of carbonyl (C=O) groups excluding carboxylic acids is 1. The Morgan fingerprint density at radius 3 is 2.62 bits per heavy atom. The third kappa shape index (κ3) is 2.48. The van der Waals surface area contributed by atoms with E-state index in [9.17, 15) is 4.79 Å². The lowest BCUT2D eigenvalue weighted by atomic mass is 10.3. The van der Waals surface area contributed by atoms with Crippen molar-refractivity contribution in [2.75, 3.05) is 5.32 Å². The van der Waals surface area contributed by atoms with Crippen molar-refractivity contribution in [1.29, 1.82) is 0 Å². The average Bonchev–Trinajstić information content (AvgIpc) is 2.30. The molecule has 2 aromatic rings. The highest BCUT2D eigenvalue weighted by Gasteiger charge is 2.07. The molecule has 0 aliphatic heterocycles. The van der Waals surface area contributed by atoms with E-state index in [0.717, 1.165) is 0 Å². The Morgan fingerprint density at radius 2 is 1.94 bits per heavy atom. The zero-order valence-corrected chi connectivity index (χ0v) is 8.72. The monoisotopic (exact) mass is 235 g/mol. The number of anilines is 1. The Balaban J connectivity index is 2.14. The van der Waals surface area contributed by atoms with Gasteiger partial charge in [-0.1, -0.05) is 11.6 Å². The van der Waals surface area contributed by atoms with Crippen molar-refractivity contribution in [2.24, 2.45) is 0 Å². The maximum atomic E-state index is 11.6. The van der Waals surface area contributed by atoms with Gasteiger partial charge in [-0.15, -0.1) is 0 Å². The van der Waals surface area contributed by atoms with E-state index in [-0.39, 0.29) is 11.1 Å². The minimum absolute atomic E-state index is 0.259. The predicted molar refractivity (Wildman–Crippen MR) is 57.0 cm³/mol. The summed E-state index contributed by atoms with van der Waals surface area (Å²) in [6.07, 6.45) is 5.42. The quantitative estimate of drug-likeness (QED) is 0.791. The first-order chi connectivity index (χ1) is 7.75. The van der Waals surface area contributed by atoms with Crippen LogP contribution >= 0.6 is 11.6 Å². The number of nitrogens with one attached hydrogen (secondary N) is 1. The van der Waals surface area contributed by atoms with Crippen LogP contribution in [0.4, 0.5) is 5.82 Å². The summed E-state index contributed by atoms with van der Waals surface area (Å²) in [5.41, 5.74) is 0.345. The fourth-order valence-corrected chi connectivity index (χ4v) is 1.15. The van der Waals surface area contributed by atoms with Gasteiger partial charge in [-0.25, -0.2) is 19.9 Å². The molecule has 0 radical (unpaired) electrons. The summed E-state index contributed by atoms with van der Waals surface area (Å²) in [5.74, 6) is -0.0239. The molecule has 0 fully saturated rings. The Bertz CT molecular complexity index is 504. The Labute approximate surface area is 95.7 Å². The van der Waals surface area contributed by atoms with Gasteiger partial charge in [0.25, 0.3) is 5.91 Å². The van der Waals surface area contributed by atoms with Crippen LogP contribution < -0.4 is 5.32 Å². The van der Waals surface area contributed by atoms with E-state index in [0.29, 0.717) is 11.4 Å². The third-order valence-electron chi connectivity index (χ3n) is 1.70. The largest absolute Gasteiger partial charge is 0.306 e. The molecule has 0 bridgehead atoms. The standard InChI is InChI=1S/C9H6ClN5O/c10-7-1-8(14-5-13-7)15-9(16)6-2-11-4-12-3-6/h1-5H,(H,13,14,15,16). The Hall–Kier alpha value is -2.08. The minimum atomic E-state index is -0.352. The van der Waals surface area contributed by atoms with Crippen molar-refractivity contribution in [3.8, 4) is 0 Å². The van der Waals surface area contributed by atoms with E-state index in [2.05, 4.69) is 25.3 Å². The van der Waals surface area contributed by atoms with Crippen molar-refractivity contribution >= 4 is 23.3 Å². The second-order valence-electron chi connectivity index (χ2n) is 2.81. The summed E-state index contributed by atoms with van der Waals surface area (Å²) < 4.78 is 0. The number of hydrogen-bond acceptors (Lipinski definition) is 5. The lowest BCUT2D eigenvalue weighted by molar-refractivity contribution is 0.102. The topological polar surface area (TPSA) is 80.7 Å². The van der Waals surface area contributed by atoms with Crippen molar-refractivity contribution in [1.82, 2.24) is 19.9 Å². The molecule has 2 heterocycles. The van der Waals surface area contributed by atoms with Crippen molar-refractivity contribution < 1.29 is 4.79 Å². The van der Waals surface area contributed by atoms with E-state index >= 15 is 0 Å². The number of nitrogens with zero attached hydrogens (tertiary/aromatic N) is 4. The first kappa shape index (κ1) is 10.4. The number of carbonyl (C=O) groups is 1. The zero-order valence-electron chi connectivity index (χ0n) is 7.96. The van der Waals surface area contributed by atoms with Crippen LogP contribution in [0.2, 0.25) is 5.15 Å². The van der Waals surface area contributed by atoms with E-state index in [1.807, 2.05) is 0 Å². The Morgan fingerprint density at radius 1 is 1.19 bits per heavy atom. The fraction of sp³-hybridized carbons (Fsp3) is 0. The molecular formula is C9H6ClN5O. The number of hydrogen-bond donors (Lipinski definition) is 1. The van der Waals surface area contributed by atoms with Gasteiger partial charge in [-0.05, 0) is 0 Å². The molecule has 0 atom stereocenters. The molecule has 0 aliphatic carbocycles. The molecule has 7 heteroatoms. The lowest BCUT2D eigenvalue weighted by Gasteiger charge is -2.02. The lowest BCUT2D eigenvalue weighted by Crippen LogP contribution is -2.13. The molecule has 2 aromatic heterocycles. The van der Waals surface area contributed by atoms with Crippen LogP contribution in [-0.2, 0) is 0 Å². The number of rotatable bonds is 2. The molecule has 0 spiro atoms. The average molecular weight is 236 g/mol. The molecule has 6 nitrogen and oxygen atoms in total. The van der Waals surface area contributed by atoms with Crippen LogP contribution in [-0.4, -0.2) is 25.8 Å². The summed E-state index contributed by atoms with van der Waals surface area (Å²) in [6.45, 7) is 0. The molecule has 0 aliphatic rings. The second kappa shape index (κ2) is 4.63. The summed E-state index contributed by atoms with van der Waals surface area (Å²) in [5, 5.41) is 2.80. The maximum absolute atomic E-state index is 11.6. The van der Waals surface area contributed by atoms with Gasteiger partial charge in [0.1, 0.15) is 23.6 Å². The summed E-state index contributed by atoms with van der Waals surface area (Å²) >= 11 is 5.65. The van der Waals surface area contributed by atoms with Crippen LogP contribution in [0, 0.1) is 0 Å². The zero-order chi connectivity index (χ0) is 11.4. The first-order valence-corrected chi connectivity index (χ1v) is 4.67. The van der Waals surface area contributed by atoms with Crippen LogP contribution in [0.25, 0.3) is 0 Å². The summed E-state index contributed by atoms with van der Waals surface area (Å²) in [7, 11) is 0. The van der Waals surface area contributed by atoms with Crippen molar-refractivity contribution in [2.45, 2.75) is 0 Å². The number of aromatic nitrogens is 4. The molecular weight excluding hydrogens is 230 g/mol. The van der Waals surface area contributed by atoms with Gasteiger partial charge in [0, 0.05) is 18.5 Å². The van der Waals surface area contributed by atoms with E-state index in [4.69, 9.17) is 11.6 Å². The Kier molecular flexibility index (Phi) is 3.02. The highest BCUT2D eigenvalue weighted by atomic mass is 35.5. The molecule has 80 valence electrons. The van der Waals surface area contributed by atoms with Gasteiger partial charge in [-0.3, -0.25) is 4.79 Å². The van der Waals surface area contributed by atoms with Gasteiger partial charge in [0.05, 0.1) is 5.56 Å². The minimum Gasteiger partial charge on any atom is -0.306 e. The van der Waals surface area contributed by atoms with Gasteiger partial charge in [-0.2, -0.15) is 0 Å². The van der Waals surface area contributed by atoms with Crippen LogP contribution in [0.1, 0.15) is 10.4 Å². The van der Waals surface area contributed by atoms with Gasteiger partial charge in [0.15, 0.2) is 0 Å². The van der Waals surface area contributed by atoms with E-state index < -0.39 is 0 Å². The van der Waals surface area contributed by atoms with E-state index in [1.165, 1.54) is 31.1 Å². The smallest absolute Gasteiger partial charge is 0.259 e. The van der Waals surface area contributed by atoms with Gasteiger partial charge >= 0.3 is 0 Å². The van der Waals surface area contributed by atoms with Crippen molar-refractivity contribution in [3.05, 3.63) is 41.8 Å². The molecule has 0 saturated heterocycles. The normalized spacial score (nSPS) is 9.81. The van der Waals surface area contributed by atoms with E-state index in [1.54, 1.807) is 0 Å². The molecule has 1 N–H and O–H groups in total. The summed E-state index contributed by atoms with van der Waals surface area (Å²) in [4.78, 5) is 26.6. The molecule has 1 amide bonds. The molecule has 0 unspecified atom stereocenters. The highest BCUT2D eigenvalue weighted by Crippen LogP contribution is 2.09. The summed E-state index contributed by atoms with van der Waals surface area (Å²) in [6, 6.07) is 1.45. The second-order valence-corrected chi connectivity index (χ2v) is 3.19. The molecule has 0 aromatic carbocycles. The van der Waals surface area contributed by atoms with Crippen LogP contribution in [0.3, 0.4) is 0 Å². The van der Waals surface area contributed by atoms with Crippen LogP contribution in [0.15, 0.2) is 31.1 Å². The molecule has 16 heavy (non-hydrogen) atoms.